The van der Waals surface area contributed by atoms with Gasteiger partial charge in [0.2, 0.25) is 0 Å². The summed E-state index contributed by atoms with van der Waals surface area (Å²) in [6.45, 7) is 0. The third-order valence-electron chi connectivity index (χ3n) is 4.71. The minimum atomic E-state index is -0.451. The Morgan fingerprint density at radius 3 is 2.62 bits per heavy atom. The molecule has 122 valence electrons. The molecule has 0 aliphatic heterocycles. The van der Waals surface area contributed by atoms with E-state index in [1.165, 1.54) is 12.8 Å². The summed E-state index contributed by atoms with van der Waals surface area (Å²) in [7, 11) is 0. The molecule has 0 saturated heterocycles. The maximum absolute atomic E-state index is 11.8. The number of rotatable bonds is 4. The lowest BCUT2D eigenvalue weighted by atomic mass is 10.1. The molecule has 1 saturated carbocycles. The Labute approximate surface area is 140 Å². The molecular weight excluding hydrogens is 300 g/mol. The number of carbonyl (C=O) groups excluding carboxylic acids is 1. The molecule has 0 atom stereocenters. The van der Waals surface area contributed by atoms with Crippen LogP contribution in [0, 0.1) is 0 Å². The summed E-state index contributed by atoms with van der Waals surface area (Å²) in [5, 5.41) is 7.90. The Hall–Kier alpha value is -2.82. The minimum absolute atomic E-state index is 0.393. The lowest BCUT2D eigenvalue weighted by Gasteiger charge is -2.16. The summed E-state index contributed by atoms with van der Waals surface area (Å²) in [6.07, 6.45) is 8.23. The van der Waals surface area contributed by atoms with Crippen molar-refractivity contribution in [3.8, 4) is 11.1 Å². The molecule has 1 aliphatic rings. The van der Waals surface area contributed by atoms with E-state index in [-0.39, 0.29) is 0 Å². The molecule has 5 nitrogen and oxygen atoms in total. The zero-order valence-electron chi connectivity index (χ0n) is 13.4. The molecule has 1 aliphatic carbocycles. The summed E-state index contributed by atoms with van der Waals surface area (Å²) >= 11 is 0. The van der Waals surface area contributed by atoms with E-state index in [0.29, 0.717) is 11.6 Å². The van der Waals surface area contributed by atoms with E-state index in [4.69, 9.17) is 5.73 Å². The van der Waals surface area contributed by atoms with Crippen LogP contribution in [0.1, 0.15) is 36.0 Å². The molecule has 2 heterocycles. The molecule has 4 rings (SSSR count). The van der Waals surface area contributed by atoms with E-state index in [9.17, 15) is 4.79 Å². The number of fused-ring (bicyclic) bond motifs is 1. The van der Waals surface area contributed by atoms with Crippen molar-refractivity contribution in [2.75, 3.05) is 5.32 Å². The Balaban J connectivity index is 1.84. The molecule has 24 heavy (non-hydrogen) atoms. The highest BCUT2D eigenvalue weighted by molar-refractivity contribution is 6.02. The molecule has 0 radical (unpaired) electrons. The van der Waals surface area contributed by atoms with Crippen molar-refractivity contribution >= 4 is 17.1 Å². The van der Waals surface area contributed by atoms with E-state index in [1.54, 1.807) is 6.20 Å². The number of nitrogens with two attached hydrogens (primary N) is 1. The maximum Gasteiger partial charge on any atom is 0.252 e. The van der Waals surface area contributed by atoms with Gasteiger partial charge in [-0.25, -0.2) is 4.52 Å². The van der Waals surface area contributed by atoms with Crippen LogP contribution in [0.5, 0.6) is 0 Å². The highest BCUT2D eigenvalue weighted by Gasteiger charge is 2.20. The van der Waals surface area contributed by atoms with Crippen molar-refractivity contribution in [1.82, 2.24) is 9.61 Å². The Bertz CT molecular complexity index is 879. The quantitative estimate of drug-likeness (QED) is 0.773. The van der Waals surface area contributed by atoms with E-state index in [1.807, 2.05) is 28.9 Å². The summed E-state index contributed by atoms with van der Waals surface area (Å²) in [4.78, 5) is 11.8. The standard InChI is InChI=1S/C19H20N4O/c20-19(24)16-11-21-23-12-14(13-6-2-1-3-7-13)10-17(23)18(16)22-15-8-4-5-9-15/h1-3,6-7,10-12,15,22H,4-5,8-9H2,(H2,20,24). The number of nitrogens with zero attached hydrogens (tertiary/aromatic N) is 2. The number of aromatic nitrogens is 2. The van der Waals surface area contributed by atoms with Crippen LogP contribution in [-0.2, 0) is 0 Å². The average molecular weight is 320 g/mol. The van der Waals surface area contributed by atoms with Crippen LogP contribution in [0.25, 0.3) is 16.6 Å². The second kappa shape index (κ2) is 6.00. The van der Waals surface area contributed by atoms with E-state index in [2.05, 4.69) is 28.6 Å². The van der Waals surface area contributed by atoms with Crippen LogP contribution in [-0.4, -0.2) is 21.6 Å². The van der Waals surface area contributed by atoms with Gasteiger partial charge in [0.15, 0.2) is 0 Å². The van der Waals surface area contributed by atoms with Gasteiger partial charge in [0.05, 0.1) is 23.0 Å². The van der Waals surface area contributed by atoms with Gasteiger partial charge in [0.1, 0.15) is 0 Å². The van der Waals surface area contributed by atoms with E-state index in [0.717, 1.165) is 35.2 Å². The third-order valence-corrected chi connectivity index (χ3v) is 4.71. The largest absolute Gasteiger partial charge is 0.380 e. The number of primary amides is 1. The lowest BCUT2D eigenvalue weighted by molar-refractivity contribution is 0.100. The van der Waals surface area contributed by atoms with Crippen molar-refractivity contribution in [3.63, 3.8) is 0 Å². The predicted octanol–water partition coefficient (Wildman–Crippen LogP) is 3.45. The van der Waals surface area contributed by atoms with Gasteiger partial charge < -0.3 is 11.1 Å². The van der Waals surface area contributed by atoms with Crippen LogP contribution >= 0.6 is 0 Å². The Morgan fingerprint density at radius 1 is 1.17 bits per heavy atom. The zero-order chi connectivity index (χ0) is 16.5. The van der Waals surface area contributed by atoms with Gasteiger partial charge in [-0.1, -0.05) is 43.2 Å². The summed E-state index contributed by atoms with van der Waals surface area (Å²) in [6, 6.07) is 12.6. The summed E-state index contributed by atoms with van der Waals surface area (Å²) in [5.74, 6) is -0.451. The fraction of sp³-hybridized carbons (Fsp3) is 0.263. The van der Waals surface area contributed by atoms with Crippen molar-refractivity contribution in [2.24, 2.45) is 5.73 Å². The third kappa shape index (κ3) is 2.62. The number of nitrogens with one attached hydrogen (secondary N) is 1. The van der Waals surface area contributed by atoms with Crippen molar-refractivity contribution < 1.29 is 4.79 Å². The number of amides is 1. The first kappa shape index (κ1) is 14.8. The molecule has 1 fully saturated rings. The van der Waals surface area contributed by atoms with Crippen LogP contribution in [0.4, 0.5) is 5.69 Å². The zero-order valence-corrected chi connectivity index (χ0v) is 13.4. The molecule has 5 heteroatoms. The molecule has 0 unspecified atom stereocenters. The van der Waals surface area contributed by atoms with Crippen LogP contribution in [0.2, 0.25) is 0 Å². The van der Waals surface area contributed by atoms with Gasteiger partial charge >= 0.3 is 0 Å². The number of hydrogen-bond acceptors (Lipinski definition) is 3. The van der Waals surface area contributed by atoms with Gasteiger partial charge in [-0.15, -0.1) is 0 Å². The number of carbonyl (C=O) groups is 1. The maximum atomic E-state index is 11.8. The molecular formula is C19H20N4O. The first-order chi connectivity index (χ1) is 11.7. The van der Waals surface area contributed by atoms with Gasteiger partial charge in [0, 0.05) is 17.8 Å². The van der Waals surface area contributed by atoms with Gasteiger partial charge in [-0.2, -0.15) is 5.10 Å². The summed E-state index contributed by atoms with van der Waals surface area (Å²) < 4.78 is 1.81. The molecule has 1 amide bonds. The predicted molar refractivity (Wildman–Crippen MR) is 95.0 cm³/mol. The Morgan fingerprint density at radius 2 is 1.92 bits per heavy atom. The molecule has 2 aromatic heterocycles. The molecule has 3 N–H and O–H groups in total. The summed E-state index contributed by atoms with van der Waals surface area (Å²) in [5.41, 5.74) is 9.89. The lowest BCUT2D eigenvalue weighted by Crippen LogP contribution is -2.21. The second-order valence-corrected chi connectivity index (χ2v) is 6.35. The SMILES string of the molecule is NC(=O)c1cnn2cc(-c3ccccc3)cc2c1NC1CCCC1. The van der Waals surface area contributed by atoms with Crippen LogP contribution in [0.15, 0.2) is 48.8 Å². The number of hydrogen-bond donors (Lipinski definition) is 2. The second-order valence-electron chi connectivity index (χ2n) is 6.35. The monoisotopic (exact) mass is 320 g/mol. The van der Waals surface area contributed by atoms with Crippen LogP contribution in [0.3, 0.4) is 0 Å². The molecule has 0 bridgehead atoms. The normalized spacial score (nSPS) is 15.0. The first-order valence-corrected chi connectivity index (χ1v) is 8.35. The number of benzene rings is 1. The smallest absolute Gasteiger partial charge is 0.252 e. The van der Waals surface area contributed by atoms with Gasteiger partial charge in [0.25, 0.3) is 5.91 Å². The fourth-order valence-corrected chi connectivity index (χ4v) is 3.46. The van der Waals surface area contributed by atoms with Crippen molar-refractivity contribution in [2.45, 2.75) is 31.7 Å². The minimum Gasteiger partial charge on any atom is -0.380 e. The van der Waals surface area contributed by atoms with Crippen LogP contribution < -0.4 is 11.1 Å². The van der Waals surface area contributed by atoms with Crippen molar-refractivity contribution in [1.29, 1.82) is 0 Å². The number of anilines is 1. The van der Waals surface area contributed by atoms with E-state index < -0.39 is 5.91 Å². The average Bonchev–Trinajstić information content (AvgIpc) is 3.25. The first-order valence-electron chi connectivity index (χ1n) is 8.35. The fourth-order valence-electron chi connectivity index (χ4n) is 3.46. The molecule has 3 aromatic rings. The Kier molecular flexibility index (Phi) is 3.69. The molecule has 1 aromatic carbocycles. The van der Waals surface area contributed by atoms with Gasteiger partial charge in [-0.3, -0.25) is 4.79 Å². The topological polar surface area (TPSA) is 72.4 Å². The molecule has 0 spiro atoms. The van der Waals surface area contributed by atoms with Gasteiger partial charge in [-0.05, 0) is 24.5 Å². The highest BCUT2D eigenvalue weighted by Crippen LogP contribution is 2.31. The highest BCUT2D eigenvalue weighted by atomic mass is 16.1. The van der Waals surface area contributed by atoms with Crippen molar-refractivity contribution in [3.05, 3.63) is 54.4 Å². The van der Waals surface area contributed by atoms with E-state index >= 15 is 0 Å².